The summed E-state index contributed by atoms with van der Waals surface area (Å²) in [4.78, 5) is 13.1. The van der Waals surface area contributed by atoms with Crippen molar-refractivity contribution in [1.29, 1.82) is 0 Å². The number of ketones is 1. The van der Waals surface area contributed by atoms with Crippen LogP contribution < -0.4 is 14.2 Å². The highest BCUT2D eigenvalue weighted by atomic mass is 16.5. The Balaban J connectivity index is 1.42. The van der Waals surface area contributed by atoms with E-state index in [1.807, 2.05) is 55.5 Å². The number of nitrogens with zero attached hydrogens (tertiary/aromatic N) is 1. The minimum Gasteiger partial charge on any atom is -0.497 e. The van der Waals surface area contributed by atoms with Crippen molar-refractivity contribution < 1.29 is 19.0 Å². The molecule has 166 valence electrons. The fraction of sp³-hybridized carbons (Fsp3) is 0.179. The van der Waals surface area contributed by atoms with E-state index in [0.29, 0.717) is 29.4 Å². The Morgan fingerprint density at radius 2 is 1.88 bits per heavy atom. The van der Waals surface area contributed by atoms with Crippen LogP contribution in [0.4, 0.5) is 0 Å². The van der Waals surface area contributed by atoms with Crippen molar-refractivity contribution in [2.45, 2.75) is 27.0 Å². The lowest BCUT2D eigenvalue weighted by Crippen LogP contribution is -2.00. The number of carbonyl (C=O) groups excluding carboxylic acids is 1. The van der Waals surface area contributed by atoms with Gasteiger partial charge in [0, 0.05) is 35.3 Å². The summed E-state index contributed by atoms with van der Waals surface area (Å²) < 4.78 is 19.5. The Kier molecular flexibility index (Phi) is 5.38. The molecular formula is C28H25NO4. The van der Waals surface area contributed by atoms with E-state index in [1.165, 1.54) is 0 Å². The zero-order chi connectivity index (χ0) is 22.9. The summed E-state index contributed by atoms with van der Waals surface area (Å²) in [7, 11) is 1.64. The minimum atomic E-state index is -0.102. The van der Waals surface area contributed by atoms with E-state index in [9.17, 15) is 4.79 Å². The number of rotatable bonds is 6. The SMILES string of the molecule is CCn1cc(/C=C2\Oc3cc(OCc4cccc(OC)c4)cc(C)c3C2=O)c2ccccc21. The topological polar surface area (TPSA) is 49.7 Å². The van der Waals surface area contributed by atoms with E-state index in [-0.39, 0.29) is 5.78 Å². The summed E-state index contributed by atoms with van der Waals surface area (Å²) >= 11 is 0. The molecule has 5 nitrogen and oxygen atoms in total. The van der Waals surface area contributed by atoms with Gasteiger partial charge in [0.1, 0.15) is 23.9 Å². The van der Waals surface area contributed by atoms with Crippen LogP contribution in [0, 0.1) is 6.92 Å². The van der Waals surface area contributed by atoms with Crippen molar-refractivity contribution in [2.75, 3.05) is 7.11 Å². The highest BCUT2D eigenvalue weighted by molar-refractivity contribution is 6.16. The van der Waals surface area contributed by atoms with Crippen molar-refractivity contribution >= 4 is 22.8 Å². The van der Waals surface area contributed by atoms with Crippen LogP contribution in [-0.2, 0) is 13.2 Å². The molecule has 0 spiro atoms. The first-order valence-electron chi connectivity index (χ1n) is 11.0. The van der Waals surface area contributed by atoms with Crippen molar-refractivity contribution in [1.82, 2.24) is 4.57 Å². The molecule has 33 heavy (non-hydrogen) atoms. The highest BCUT2D eigenvalue weighted by Gasteiger charge is 2.30. The number of allylic oxidation sites excluding steroid dienone is 1. The number of aryl methyl sites for hydroxylation is 2. The van der Waals surface area contributed by atoms with E-state index in [2.05, 4.69) is 29.8 Å². The van der Waals surface area contributed by atoms with Gasteiger partial charge in [-0.25, -0.2) is 0 Å². The summed E-state index contributed by atoms with van der Waals surface area (Å²) in [5, 5.41) is 1.10. The molecule has 0 fully saturated rings. The fourth-order valence-electron chi connectivity index (χ4n) is 4.28. The molecule has 2 heterocycles. The first kappa shape index (κ1) is 20.9. The van der Waals surface area contributed by atoms with Gasteiger partial charge in [0.15, 0.2) is 5.76 Å². The number of methoxy groups -OCH3 is 1. The summed E-state index contributed by atoms with van der Waals surface area (Å²) in [5.74, 6) is 2.21. The molecule has 1 aliphatic heterocycles. The number of Topliss-reactive ketones (excluding diaryl/α,β-unsaturated/α-hetero) is 1. The normalized spacial score (nSPS) is 13.9. The maximum absolute atomic E-state index is 13.1. The Bertz CT molecular complexity index is 1400. The maximum atomic E-state index is 13.1. The smallest absolute Gasteiger partial charge is 0.232 e. The molecule has 0 N–H and O–H groups in total. The number of hydrogen-bond acceptors (Lipinski definition) is 4. The summed E-state index contributed by atoms with van der Waals surface area (Å²) in [6, 6.07) is 19.6. The van der Waals surface area contributed by atoms with E-state index >= 15 is 0 Å². The Hall–Kier alpha value is -3.99. The van der Waals surface area contributed by atoms with Crippen molar-refractivity contribution in [3.8, 4) is 17.2 Å². The Morgan fingerprint density at radius 1 is 1.03 bits per heavy atom. The van der Waals surface area contributed by atoms with Crippen LogP contribution in [0.5, 0.6) is 17.2 Å². The van der Waals surface area contributed by atoms with Crippen LogP contribution in [0.3, 0.4) is 0 Å². The predicted octanol–water partition coefficient (Wildman–Crippen LogP) is 6.17. The molecule has 1 aliphatic rings. The predicted molar refractivity (Wildman–Crippen MR) is 129 cm³/mol. The molecule has 3 aromatic carbocycles. The molecule has 5 rings (SSSR count). The third-order valence-corrected chi connectivity index (χ3v) is 5.93. The number of fused-ring (bicyclic) bond motifs is 2. The fourth-order valence-corrected chi connectivity index (χ4v) is 4.28. The first-order valence-corrected chi connectivity index (χ1v) is 11.0. The van der Waals surface area contributed by atoms with Crippen LogP contribution in [0.25, 0.3) is 17.0 Å². The molecule has 0 unspecified atom stereocenters. The van der Waals surface area contributed by atoms with E-state index < -0.39 is 0 Å². The summed E-state index contributed by atoms with van der Waals surface area (Å²) in [6.45, 7) is 5.26. The van der Waals surface area contributed by atoms with Crippen molar-refractivity contribution in [2.24, 2.45) is 0 Å². The number of hydrogen-bond donors (Lipinski definition) is 0. The molecule has 4 aromatic rings. The van der Waals surface area contributed by atoms with Crippen LogP contribution in [-0.4, -0.2) is 17.5 Å². The van der Waals surface area contributed by atoms with Gasteiger partial charge in [-0.1, -0.05) is 30.3 Å². The van der Waals surface area contributed by atoms with Gasteiger partial charge in [0.05, 0.1) is 12.7 Å². The average molecular weight is 440 g/mol. The van der Waals surface area contributed by atoms with Gasteiger partial charge in [-0.15, -0.1) is 0 Å². The van der Waals surface area contributed by atoms with Crippen LogP contribution in [0.1, 0.15) is 34.0 Å². The van der Waals surface area contributed by atoms with Gasteiger partial charge in [-0.2, -0.15) is 0 Å². The average Bonchev–Trinajstić information content (AvgIpc) is 3.35. The Morgan fingerprint density at radius 3 is 2.70 bits per heavy atom. The second kappa shape index (κ2) is 8.51. The lowest BCUT2D eigenvalue weighted by Gasteiger charge is -2.10. The first-order chi connectivity index (χ1) is 16.1. The minimum absolute atomic E-state index is 0.102. The van der Waals surface area contributed by atoms with Crippen LogP contribution in [0.15, 0.2) is 72.6 Å². The largest absolute Gasteiger partial charge is 0.497 e. The number of benzene rings is 3. The number of ether oxygens (including phenoxy) is 3. The van der Waals surface area contributed by atoms with Gasteiger partial charge in [0.25, 0.3) is 0 Å². The number of aromatic nitrogens is 1. The molecule has 0 bridgehead atoms. The number of para-hydroxylation sites is 1. The van der Waals surface area contributed by atoms with Crippen molar-refractivity contribution in [3.63, 3.8) is 0 Å². The summed E-state index contributed by atoms with van der Waals surface area (Å²) in [5.41, 5.74) is 4.53. The van der Waals surface area contributed by atoms with Crippen LogP contribution in [0.2, 0.25) is 0 Å². The molecule has 0 aliphatic carbocycles. The molecule has 0 saturated carbocycles. The zero-order valence-electron chi connectivity index (χ0n) is 18.9. The third kappa shape index (κ3) is 3.87. The van der Waals surface area contributed by atoms with E-state index in [1.54, 1.807) is 13.2 Å². The molecule has 0 atom stereocenters. The lowest BCUT2D eigenvalue weighted by atomic mass is 10.0. The van der Waals surface area contributed by atoms with Gasteiger partial charge in [0.2, 0.25) is 5.78 Å². The monoisotopic (exact) mass is 439 g/mol. The quantitative estimate of drug-likeness (QED) is 0.337. The molecule has 5 heteroatoms. The van der Waals surface area contributed by atoms with E-state index in [4.69, 9.17) is 14.2 Å². The summed E-state index contributed by atoms with van der Waals surface area (Å²) in [6.07, 6.45) is 3.90. The van der Waals surface area contributed by atoms with E-state index in [0.717, 1.165) is 39.9 Å². The third-order valence-electron chi connectivity index (χ3n) is 5.93. The van der Waals surface area contributed by atoms with Gasteiger partial charge in [-0.3, -0.25) is 4.79 Å². The van der Waals surface area contributed by atoms with Gasteiger partial charge >= 0.3 is 0 Å². The van der Waals surface area contributed by atoms with Crippen LogP contribution >= 0.6 is 0 Å². The lowest BCUT2D eigenvalue weighted by molar-refractivity contribution is 0.101. The Labute approximate surface area is 192 Å². The molecule has 0 amide bonds. The van der Waals surface area contributed by atoms with Crippen molar-refractivity contribution in [3.05, 3.63) is 94.9 Å². The van der Waals surface area contributed by atoms with Gasteiger partial charge < -0.3 is 18.8 Å². The number of carbonyl (C=O) groups is 1. The molecular weight excluding hydrogens is 414 g/mol. The molecule has 1 aromatic heterocycles. The second-order valence-corrected chi connectivity index (χ2v) is 8.08. The maximum Gasteiger partial charge on any atom is 0.232 e. The van der Waals surface area contributed by atoms with Gasteiger partial charge in [-0.05, 0) is 55.3 Å². The second-order valence-electron chi connectivity index (χ2n) is 8.08. The highest BCUT2D eigenvalue weighted by Crippen LogP contribution is 2.38. The standard InChI is InChI=1S/C28H25NO4/c1-4-29-16-20(23-10-5-6-11-24(23)29)14-26-28(30)27-18(2)12-22(15-25(27)33-26)32-17-19-8-7-9-21(13-19)31-3/h5-16H,4,17H2,1-3H3/b26-14-. The zero-order valence-corrected chi connectivity index (χ0v) is 18.9. The molecule has 0 radical (unpaired) electrons. The molecule has 0 saturated heterocycles.